The van der Waals surface area contributed by atoms with Crippen LogP contribution in [0, 0.1) is 0 Å². The molecule has 0 saturated carbocycles. The molecular formula is CH6BeN2S. The minimum atomic E-state index is 0. The van der Waals surface area contributed by atoms with Crippen LogP contribution in [0.5, 0.6) is 0 Å². The van der Waals surface area contributed by atoms with Gasteiger partial charge in [0.25, 0.3) is 0 Å². The van der Waals surface area contributed by atoms with Crippen molar-refractivity contribution in [3.63, 3.8) is 0 Å². The van der Waals surface area contributed by atoms with Crippen LogP contribution >= 0.6 is 12.2 Å². The second kappa shape index (κ2) is 3.86. The Hall–Kier alpha value is -0.141. The van der Waals surface area contributed by atoms with Gasteiger partial charge in [-0.15, -0.1) is 0 Å². The first-order chi connectivity index (χ1) is 1.73. The topological polar surface area (TPSA) is 52.0 Å². The molecule has 4 N–H and O–H groups in total. The Kier molecular flexibility index (Phi) is 6.83. The summed E-state index contributed by atoms with van der Waals surface area (Å²) in [7, 11) is 0. The third-order valence-electron chi connectivity index (χ3n) is 0. The summed E-state index contributed by atoms with van der Waals surface area (Å²) >= 11 is 4.09. The summed E-state index contributed by atoms with van der Waals surface area (Å²) in [5.74, 6) is 0. The number of hydrogen-bond donors (Lipinski definition) is 2. The van der Waals surface area contributed by atoms with Crippen molar-refractivity contribution in [1.29, 1.82) is 0 Å². The van der Waals surface area contributed by atoms with Gasteiger partial charge < -0.3 is 14.3 Å². The van der Waals surface area contributed by atoms with Crippen molar-refractivity contribution in [2.75, 3.05) is 0 Å². The van der Waals surface area contributed by atoms with Crippen LogP contribution in [0.25, 0.3) is 0 Å². The van der Waals surface area contributed by atoms with Crippen LogP contribution in [0.2, 0.25) is 0 Å². The van der Waals surface area contributed by atoms with E-state index in [1.54, 1.807) is 0 Å². The number of rotatable bonds is 0. The van der Waals surface area contributed by atoms with Crippen molar-refractivity contribution in [2.45, 2.75) is 0 Å². The molecule has 0 radical (unpaired) electrons. The molecule has 0 aliphatic rings. The Morgan fingerprint density at radius 1 is 1.60 bits per heavy atom. The predicted molar refractivity (Wildman–Crippen MR) is 29.0 cm³/mol. The van der Waals surface area contributed by atoms with Crippen molar-refractivity contribution in [1.82, 2.24) is 0 Å². The predicted octanol–water partition coefficient (Wildman–Crippen LogP) is -0.967. The molecule has 0 aromatic carbocycles. The molecular weight excluding hydrogens is 81.1 g/mol. The summed E-state index contributed by atoms with van der Waals surface area (Å²) < 4.78 is 0. The second-order valence-electron chi connectivity index (χ2n) is 0.402. The van der Waals surface area contributed by atoms with Gasteiger partial charge in [0, 0.05) is 0 Å². The van der Waals surface area contributed by atoms with Gasteiger partial charge in [-0.25, -0.2) is 0 Å². The van der Waals surface area contributed by atoms with Crippen molar-refractivity contribution >= 4 is 27.5 Å². The first kappa shape index (κ1) is 8.85. The van der Waals surface area contributed by atoms with Crippen LogP contribution in [0.15, 0.2) is 0 Å². The number of nitrogens with two attached hydrogens (primary N) is 2. The molecule has 0 bridgehead atoms. The van der Waals surface area contributed by atoms with Crippen LogP contribution in [0.1, 0.15) is 2.85 Å². The largest absolute Gasteiger partial charge is 2.00 e. The molecule has 0 aliphatic carbocycles. The van der Waals surface area contributed by atoms with E-state index in [1.165, 1.54) is 0 Å². The standard InChI is InChI=1S/CH4N2S.Be.2H/c2-1(3)4;;;/h(H4,2,3,4);;;/q;+2;2*-1. The van der Waals surface area contributed by atoms with E-state index >= 15 is 0 Å². The fourth-order valence-electron chi connectivity index (χ4n) is 0. The third-order valence-corrected chi connectivity index (χ3v) is 0. The maximum absolute atomic E-state index is 4.62. The molecule has 0 unspecified atom stereocenters. The molecule has 0 rings (SSSR count). The van der Waals surface area contributed by atoms with Crippen molar-refractivity contribution in [3.05, 3.63) is 0 Å². The minimum absolute atomic E-state index is 0. The van der Waals surface area contributed by atoms with Crippen LogP contribution in [-0.4, -0.2) is 15.2 Å². The van der Waals surface area contributed by atoms with Crippen molar-refractivity contribution in [3.8, 4) is 0 Å². The van der Waals surface area contributed by atoms with Gasteiger partial charge in [-0.3, -0.25) is 0 Å². The molecule has 0 fully saturated rings. The van der Waals surface area contributed by atoms with Gasteiger partial charge >= 0.3 is 10.1 Å². The maximum atomic E-state index is 4.62. The van der Waals surface area contributed by atoms with Gasteiger partial charge in [0.15, 0.2) is 5.11 Å². The van der Waals surface area contributed by atoms with Gasteiger partial charge in [-0.1, -0.05) is 0 Å². The van der Waals surface area contributed by atoms with Crippen LogP contribution < -0.4 is 11.5 Å². The molecule has 0 aromatic heterocycles. The molecule has 28 valence electrons. The quantitative estimate of drug-likeness (QED) is 0.295. The van der Waals surface area contributed by atoms with Crippen molar-refractivity contribution < 1.29 is 2.85 Å². The summed E-state index contributed by atoms with van der Waals surface area (Å²) in [6, 6.07) is 0. The Labute approximate surface area is 42.7 Å². The smallest absolute Gasteiger partial charge is 1.00 e. The molecule has 0 amide bonds. The van der Waals surface area contributed by atoms with E-state index < -0.39 is 0 Å². The average Bonchev–Trinajstić information content (AvgIpc) is 0.811. The zero-order valence-electron chi connectivity index (χ0n) is 4.77. The number of thiocarbonyl (C=S) groups is 1. The van der Waals surface area contributed by atoms with E-state index in [0.29, 0.717) is 0 Å². The third kappa shape index (κ3) is 669. The zero-order chi connectivity index (χ0) is 3.58. The van der Waals surface area contributed by atoms with E-state index in [0.717, 1.165) is 0 Å². The van der Waals surface area contributed by atoms with Gasteiger partial charge in [0.05, 0.1) is 0 Å². The maximum Gasteiger partial charge on any atom is 2.00 e. The molecule has 4 heteroatoms. The summed E-state index contributed by atoms with van der Waals surface area (Å²) in [6.07, 6.45) is 0. The Morgan fingerprint density at radius 3 is 1.60 bits per heavy atom. The summed E-state index contributed by atoms with van der Waals surface area (Å²) in [5, 5.41) is 0.000000000000000222. The fraction of sp³-hybridized carbons (Fsp3) is 0. The van der Waals surface area contributed by atoms with E-state index in [-0.39, 0.29) is 18.1 Å². The molecule has 0 spiro atoms. The Morgan fingerprint density at radius 2 is 1.60 bits per heavy atom. The summed E-state index contributed by atoms with van der Waals surface area (Å²) in [5.41, 5.74) is 9.24. The molecule has 0 atom stereocenters. The molecule has 0 aliphatic heterocycles. The Balaban J connectivity index is -0.0000000150. The van der Waals surface area contributed by atoms with Crippen molar-refractivity contribution in [2.24, 2.45) is 11.5 Å². The normalized spacial score (nSPS) is 4.80. The van der Waals surface area contributed by atoms with Crippen LogP contribution in [-0.2, 0) is 0 Å². The summed E-state index contributed by atoms with van der Waals surface area (Å²) in [4.78, 5) is 0. The zero-order valence-corrected chi connectivity index (χ0v) is 3.59. The molecule has 0 saturated heterocycles. The van der Waals surface area contributed by atoms with E-state index in [1.807, 2.05) is 0 Å². The van der Waals surface area contributed by atoms with Gasteiger partial charge in [0.2, 0.25) is 0 Å². The van der Waals surface area contributed by atoms with Gasteiger partial charge in [-0.2, -0.15) is 0 Å². The first-order valence-corrected chi connectivity index (χ1v) is 1.19. The van der Waals surface area contributed by atoms with Gasteiger partial charge in [0.1, 0.15) is 0 Å². The molecule has 0 heterocycles. The SMILES string of the molecule is NC(N)=S.[Be+2].[H-].[H-]. The van der Waals surface area contributed by atoms with E-state index in [4.69, 9.17) is 0 Å². The Bertz CT molecular complexity index is 38.7. The minimum Gasteiger partial charge on any atom is -1.00 e. The van der Waals surface area contributed by atoms with Crippen LogP contribution in [0.3, 0.4) is 0 Å². The fourth-order valence-corrected chi connectivity index (χ4v) is 0. The first-order valence-electron chi connectivity index (χ1n) is 0.781. The van der Waals surface area contributed by atoms with E-state index in [2.05, 4.69) is 23.7 Å². The summed E-state index contributed by atoms with van der Waals surface area (Å²) in [6.45, 7) is 0. The molecule has 2 nitrogen and oxygen atoms in total. The monoisotopic (exact) mass is 87.0 g/mol. The number of hydrogen-bond acceptors (Lipinski definition) is 1. The molecule has 0 aromatic rings. The van der Waals surface area contributed by atoms with Crippen LogP contribution in [0.4, 0.5) is 0 Å². The molecule has 5 heavy (non-hydrogen) atoms. The van der Waals surface area contributed by atoms with Gasteiger partial charge in [-0.05, 0) is 12.2 Å². The second-order valence-corrected chi connectivity index (χ2v) is 0.874. The average molecular weight is 87.2 g/mol. The van der Waals surface area contributed by atoms with E-state index in [9.17, 15) is 0 Å².